The normalized spacial score (nSPS) is 14.8. The average Bonchev–Trinajstić information content (AvgIpc) is 3.41. The minimum atomic E-state index is -0.0325. The van der Waals surface area contributed by atoms with Crippen molar-refractivity contribution >= 4 is 39.0 Å². The lowest BCUT2D eigenvalue weighted by atomic mass is 10.1. The number of nitrogens with one attached hydrogen (secondary N) is 1. The quantitative estimate of drug-likeness (QED) is 0.498. The maximum absolute atomic E-state index is 12.5. The molecular weight excluding hydrogens is 408 g/mol. The number of thiazole rings is 1. The molecule has 0 spiro atoms. The monoisotopic (exact) mass is 432 g/mol. The standard InChI is InChI=1S/C24H24N4O2S/c1-17-6-2-4-8-20(17)28-12-10-27(11-13-28)15-23(29)26-24-25-19(16-31-24)22-14-18-7-3-5-9-21(18)30-22/h2-9,14,16H,10-13,15H2,1H3,(H,25,26,29). The van der Waals surface area contributed by atoms with Crippen LogP contribution in [0.3, 0.4) is 0 Å². The first-order chi connectivity index (χ1) is 15.2. The van der Waals surface area contributed by atoms with Gasteiger partial charge in [-0.1, -0.05) is 36.4 Å². The van der Waals surface area contributed by atoms with E-state index in [-0.39, 0.29) is 5.91 Å². The van der Waals surface area contributed by atoms with Crippen LogP contribution in [0.25, 0.3) is 22.4 Å². The number of nitrogens with zero attached hydrogens (tertiary/aromatic N) is 3. The van der Waals surface area contributed by atoms with Gasteiger partial charge in [-0.05, 0) is 30.7 Å². The fraction of sp³-hybridized carbons (Fsp3) is 0.250. The van der Waals surface area contributed by atoms with Gasteiger partial charge in [-0.25, -0.2) is 4.98 Å². The van der Waals surface area contributed by atoms with E-state index in [0.717, 1.165) is 42.8 Å². The molecule has 3 heterocycles. The van der Waals surface area contributed by atoms with E-state index in [0.29, 0.717) is 17.4 Å². The number of aromatic nitrogens is 1. The summed E-state index contributed by atoms with van der Waals surface area (Å²) in [7, 11) is 0. The van der Waals surface area contributed by atoms with Crippen LogP contribution in [0.5, 0.6) is 0 Å². The molecule has 1 saturated heterocycles. The summed E-state index contributed by atoms with van der Waals surface area (Å²) in [5.41, 5.74) is 4.15. The van der Waals surface area contributed by atoms with E-state index in [1.165, 1.54) is 22.6 Å². The lowest BCUT2D eigenvalue weighted by Crippen LogP contribution is -2.48. The zero-order valence-electron chi connectivity index (χ0n) is 17.4. The van der Waals surface area contributed by atoms with Crippen LogP contribution >= 0.6 is 11.3 Å². The first kappa shape index (κ1) is 19.8. The maximum Gasteiger partial charge on any atom is 0.240 e. The average molecular weight is 433 g/mol. The molecular formula is C24H24N4O2S. The zero-order valence-corrected chi connectivity index (χ0v) is 18.2. The molecule has 1 fully saturated rings. The number of rotatable bonds is 5. The van der Waals surface area contributed by atoms with Gasteiger partial charge in [0.15, 0.2) is 10.9 Å². The second kappa shape index (κ2) is 8.53. The Hall–Kier alpha value is -3.16. The highest BCUT2D eigenvalue weighted by Gasteiger charge is 2.20. The summed E-state index contributed by atoms with van der Waals surface area (Å²) in [4.78, 5) is 21.7. The van der Waals surface area contributed by atoms with Gasteiger partial charge < -0.3 is 14.6 Å². The molecule has 0 radical (unpaired) electrons. The van der Waals surface area contributed by atoms with E-state index in [2.05, 4.69) is 51.3 Å². The van der Waals surface area contributed by atoms with Crippen molar-refractivity contribution in [2.75, 3.05) is 42.9 Å². The third kappa shape index (κ3) is 4.33. The largest absolute Gasteiger partial charge is 0.454 e. The minimum absolute atomic E-state index is 0.0325. The number of aryl methyl sites for hydroxylation is 1. The lowest BCUT2D eigenvalue weighted by molar-refractivity contribution is -0.117. The number of furan rings is 1. The topological polar surface area (TPSA) is 61.6 Å². The number of fused-ring (bicyclic) bond motifs is 1. The van der Waals surface area contributed by atoms with Crippen LogP contribution in [0.4, 0.5) is 10.8 Å². The highest BCUT2D eigenvalue weighted by atomic mass is 32.1. The Balaban J connectivity index is 1.16. The van der Waals surface area contributed by atoms with Crippen molar-refractivity contribution in [3.8, 4) is 11.5 Å². The molecule has 0 bridgehead atoms. The highest BCUT2D eigenvalue weighted by Crippen LogP contribution is 2.30. The highest BCUT2D eigenvalue weighted by molar-refractivity contribution is 7.14. The number of anilines is 2. The summed E-state index contributed by atoms with van der Waals surface area (Å²) in [6.45, 7) is 6.09. The van der Waals surface area contributed by atoms with Crippen molar-refractivity contribution in [1.29, 1.82) is 0 Å². The predicted octanol–water partition coefficient (Wildman–Crippen LogP) is 4.63. The number of carbonyl (C=O) groups is 1. The molecule has 5 rings (SSSR count). The molecule has 158 valence electrons. The molecule has 0 saturated carbocycles. The molecule has 1 aliphatic heterocycles. The van der Waals surface area contributed by atoms with Gasteiger partial charge in [-0.3, -0.25) is 9.69 Å². The first-order valence-electron chi connectivity index (χ1n) is 10.4. The fourth-order valence-electron chi connectivity index (χ4n) is 3.98. The Bertz CT molecular complexity index is 1170. The molecule has 1 amide bonds. The fourth-order valence-corrected chi connectivity index (χ4v) is 4.70. The number of carbonyl (C=O) groups excluding carboxylic acids is 1. The molecule has 0 unspecified atom stereocenters. The molecule has 4 aromatic rings. The summed E-state index contributed by atoms with van der Waals surface area (Å²) < 4.78 is 5.87. The summed E-state index contributed by atoms with van der Waals surface area (Å²) in [6.07, 6.45) is 0. The Kier molecular flexibility index (Phi) is 5.44. The first-order valence-corrected chi connectivity index (χ1v) is 11.3. The van der Waals surface area contributed by atoms with Gasteiger partial charge in [0.25, 0.3) is 0 Å². The Morgan fingerprint density at radius 1 is 1.10 bits per heavy atom. The molecule has 2 aromatic carbocycles. The van der Waals surface area contributed by atoms with Gasteiger partial charge in [0.2, 0.25) is 5.91 Å². The summed E-state index contributed by atoms with van der Waals surface area (Å²) in [6, 6.07) is 18.3. The molecule has 1 aliphatic rings. The van der Waals surface area contributed by atoms with E-state index >= 15 is 0 Å². The van der Waals surface area contributed by atoms with Crippen molar-refractivity contribution < 1.29 is 9.21 Å². The lowest BCUT2D eigenvalue weighted by Gasteiger charge is -2.36. The predicted molar refractivity (Wildman–Crippen MR) is 126 cm³/mol. The molecule has 6 nitrogen and oxygen atoms in total. The van der Waals surface area contributed by atoms with Crippen molar-refractivity contribution in [2.45, 2.75) is 6.92 Å². The van der Waals surface area contributed by atoms with Crippen LogP contribution < -0.4 is 10.2 Å². The van der Waals surface area contributed by atoms with Crippen LogP contribution in [-0.4, -0.2) is 48.5 Å². The van der Waals surface area contributed by atoms with Gasteiger partial charge >= 0.3 is 0 Å². The molecule has 0 atom stereocenters. The van der Waals surface area contributed by atoms with Crippen molar-refractivity contribution in [3.63, 3.8) is 0 Å². The third-order valence-corrected chi connectivity index (χ3v) is 6.38. The van der Waals surface area contributed by atoms with Crippen LogP contribution in [0, 0.1) is 6.92 Å². The molecule has 1 N–H and O–H groups in total. The summed E-state index contributed by atoms with van der Waals surface area (Å²) in [5, 5.41) is 6.49. The van der Waals surface area contributed by atoms with Gasteiger partial charge in [-0.15, -0.1) is 11.3 Å². The zero-order chi connectivity index (χ0) is 21.2. The Morgan fingerprint density at radius 2 is 1.87 bits per heavy atom. The summed E-state index contributed by atoms with van der Waals surface area (Å²) >= 11 is 1.41. The SMILES string of the molecule is Cc1ccccc1N1CCN(CC(=O)Nc2nc(-c3cc4ccccc4o3)cs2)CC1. The van der Waals surface area contributed by atoms with E-state index in [1.807, 2.05) is 35.7 Å². The Labute approximate surface area is 185 Å². The second-order valence-electron chi connectivity index (χ2n) is 7.78. The molecule has 2 aromatic heterocycles. The molecule has 0 aliphatic carbocycles. The number of para-hydroxylation sites is 2. The number of piperazine rings is 1. The van der Waals surface area contributed by atoms with E-state index < -0.39 is 0 Å². The minimum Gasteiger partial charge on any atom is -0.454 e. The van der Waals surface area contributed by atoms with Gasteiger partial charge in [0.1, 0.15) is 11.3 Å². The summed E-state index contributed by atoms with van der Waals surface area (Å²) in [5.74, 6) is 0.681. The molecule has 7 heteroatoms. The van der Waals surface area contributed by atoms with Gasteiger partial charge in [0.05, 0.1) is 6.54 Å². The smallest absolute Gasteiger partial charge is 0.240 e. The van der Waals surface area contributed by atoms with Crippen molar-refractivity contribution in [3.05, 3.63) is 65.5 Å². The number of hydrogen-bond acceptors (Lipinski definition) is 6. The van der Waals surface area contributed by atoms with Crippen LogP contribution in [0.1, 0.15) is 5.56 Å². The van der Waals surface area contributed by atoms with Crippen LogP contribution in [0.2, 0.25) is 0 Å². The van der Waals surface area contributed by atoms with E-state index in [9.17, 15) is 4.79 Å². The van der Waals surface area contributed by atoms with Crippen molar-refractivity contribution in [1.82, 2.24) is 9.88 Å². The Morgan fingerprint density at radius 3 is 2.68 bits per heavy atom. The van der Waals surface area contributed by atoms with Gasteiger partial charge in [-0.2, -0.15) is 0 Å². The maximum atomic E-state index is 12.5. The second-order valence-corrected chi connectivity index (χ2v) is 8.64. The van der Waals surface area contributed by atoms with Crippen LogP contribution in [0.15, 0.2) is 64.4 Å². The third-order valence-electron chi connectivity index (χ3n) is 5.62. The van der Waals surface area contributed by atoms with E-state index in [1.54, 1.807) is 0 Å². The molecule has 31 heavy (non-hydrogen) atoms. The number of amides is 1. The number of hydrogen-bond donors (Lipinski definition) is 1. The van der Waals surface area contributed by atoms with E-state index in [4.69, 9.17) is 4.42 Å². The van der Waals surface area contributed by atoms with Crippen LogP contribution in [-0.2, 0) is 4.79 Å². The van der Waals surface area contributed by atoms with Crippen molar-refractivity contribution in [2.24, 2.45) is 0 Å². The number of benzene rings is 2. The van der Waals surface area contributed by atoms with Gasteiger partial charge in [0, 0.05) is 42.6 Å².